The van der Waals surface area contributed by atoms with E-state index in [1.165, 1.54) is 0 Å². The van der Waals surface area contributed by atoms with Crippen LogP contribution in [0.1, 0.15) is 33.2 Å². The summed E-state index contributed by atoms with van der Waals surface area (Å²) in [6.07, 6.45) is 0. The summed E-state index contributed by atoms with van der Waals surface area (Å²) >= 11 is 0. The van der Waals surface area contributed by atoms with Crippen molar-refractivity contribution in [3.8, 4) is 0 Å². The SMILES string of the molecule is CCOC1=C(c2ccccc2)C(=O)c2ccccc2C1=O. The zero-order chi connectivity index (χ0) is 14.8. The van der Waals surface area contributed by atoms with Gasteiger partial charge in [-0.2, -0.15) is 0 Å². The average molecular weight is 278 g/mol. The molecule has 0 heterocycles. The fourth-order valence-corrected chi connectivity index (χ4v) is 2.50. The predicted octanol–water partition coefficient (Wildman–Crippen LogP) is 3.51. The molecule has 0 fully saturated rings. The molecule has 21 heavy (non-hydrogen) atoms. The molecule has 0 radical (unpaired) electrons. The summed E-state index contributed by atoms with van der Waals surface area (Å²) in [6, 6.07) is 16.0. The maximum atomic E-state index is 12.8. The van der Waals surface area contributed by atoms with E-state index in [-0.39, 0.29) is 17.3 Å². The standard InChI is InChI=1S/C18H14O3/c1-2-21-18-15(12-8-4-3-5-9-12)16(19)13-10-6-7-11-14(13)17(18)20/h3-11H,2H2,1H3. The Bertz CT molecular complexity index is 742. The third-order valence-corrected chi connectivity index (χ3v) is 3.43. The summed E-state index contributed by atoms with van der Waals surface area (Å²) in [4.78, 5) is 25.4. The molecule has 0 spiro atoms. The van der Waals surface area contributed by atoms with Crippen LogP contribution in [0.5, 0.6) is 0 Å². The first-order valence-corrected chi connectivity index (χ1v) is 6.85. The molecule has 0 saturated heterocycles. The molecule has 1 aliphatic carbocycles. The fourth-order valence-electron chi connectivity index (χ4n) is 2.50. The Hall–Kier alpha value is -2.68. The maximum absolute atomic E-state index is 12.8. The number of carbonyl (C=O) groups excluding carboxylic acids is 2. The first-order valence-electron chi connectivity index (χ1n) is 6.85. The van der Waals surface area contributed by atoms with E-state index in [9.17, 15) is 9.59 Å². The Morgan fingerprint density at radius 3 is 2.00 bits per heavy atom. The molecule has 0 amide bonds. The van der Waals surface area contributed by atoms with Crippen LogP contribution >= 0.6 is 0 Å². The lowest BCUT2D eigenvalue weighted by atomic mass is 9.85. The second kappa shape index (κ2) is 5.37. The summed E-state index contributed by atoms with van der Waals surface area (Å²) < 4.78 is 5.50. The molecule has 104 valence electrons. The quantitative estimate of drug-likeness (QED) is 0.862. The van der Waals surface area contributed by atoms with Crippen LogP contribution in [0.2, 0.25) is 0 Å². The molecule has 0 bridgehead atoms. The van der Waals surface area contributed by atoms with E-state index in [1.807, 2.05) is 30.3 Å². The molecule has 3 rings (SSSR count). The summed E-state index contributed by atoms with van der Waals surface area (Å²) in [7, 11) is 0. The maximum Gasteiger partial charge on any atom is 0.229 e. The second-order valence-electron chi connectivity index (χ2n) is 4.71. The molecule has 0 saturated carbocycles. The van der Waals surface area contributed by atoms with Crippen molar-refractivity contribution in [2.45, 2.75) is 6.92 Å². The molecular weight excluding hydrogens is 264 g/mol. The highest BCUT2D eigenvalue weighted by Crippen LogP contribution is 2.32. The van der Waals surface area contributed by atoms with Crippen LogP contribution in [0.25, 0.3) is 5.57 Å². The van der Waals surface area contributed by atoms with Gasteiger partial charge in [0.25, 0.3) is 0 Å². The van der Waals surface area contributed by atoms with Crippen molar-refractivity contribution in [2.75, 3.05) is 6.61 Å². The van der Waals surface area contributed by atoms with Crippen LogP contribution in [0, 0.1) is 0 Å². The van der Waals surface area contributed by atoms with E-state index >= 15 is 0 Å². The van der Waals surface area contributed by atoms with Gasteiger partial charge in [0.2, 0.25) is 5.78 Å². The molecule has 2 aromatic carbocycles. The van der Waals surface area contributed by atoms with Gasteiger partial charge in [-0.1, -0.05) is 54.6 Å². The van der Waals surface area contributed by atoms with Crippen molar-refractivity contribution >= 4 is 17.1 Å². The zero-order valence-corrected chi connectivity index (χ0v) is 11.6. The Balaban J connectivity index is 2.25. The van der Waals surface area contributed by atoms with Crippen molar-refractivity contribution in [3.05, 3.63) is 77.0 Å². The van der Waals surface area contributed by atoms with Gasteiger partial charge in [0.1, 0.15) is 0 Å². The van der Waals surface area contributed by atoms with Gasteiger partial charge in [0, 0.05) is 11.1 Å². The van der Waals surface area contributed by atoms with Gasteiger partial charge in [-0.3, -0.25) is 9.59 Å². The predicted molar refractivity (Wildman–Crippen MR) is 80.1 cm³/mol. The van der Waals surface area contributed by atoms with Gasteiger partial charge in [0.15, 0.2) is 11.5 Å². The molecule has 0 unspecified atom stereocenters. The average Bonchev–Trinajstić information content (AvgIpc) is 2.54. The van der Waals surface area contributed by atoms with E-state index in [1.54, 1.807) is 31.2 Å². The minimum Gasteiger partial charge on any atom is -0.489 e. The molecule has 0 atom stereocenters. The van der Waals surface area contributed by atoms with E-state index in [4.69, 9.17) is 4.74 Å². The Morgan fingerprint density at radius 1 is 0.810 bits per heavy atom. The zero-order valence-electron chi connectivity index (χ0n) is 11.6. The van der Waals surface area contributed by atoms with Crippen molar-refractivity contribution in [3.63, 3.8) is 0 Å². The van der Waals surface area contributed by atoms with Crippen LogP contribution in [0.4, 0.5) is 0 Å². The molecule has 3 heteroatoms. The third kappa shape index (κ3) is 2.17. The molecule has 0 aliphatic heterocycles. The van der Waals surface area contributed by atoms with Crippen LogP contribution in [0.3, 0.4) is 0 Å². The van der Waals surface area contributed by atoms with E-state index in [2.05, 4.69) is 0 Å². The number of ketones is 2. The van der Waals surface area contributed by atoms with Gasteiger partial charge in [-0.15, -0.1) is 0 Å². The smallest absolute Gasteiger partial charge is 0.229 e. The molecule has 3 nitrogen and oxygen atoms in total. The lowest BCUT2D eigenvalue weighted by Gasteiger charge is -2.20. The van der Waals surface area contributed by atoms with Crippen molar-refractivity contribution in [2.24, 2.45) is 0 Å². The lowest BCUT2D eigenvalue weighted by molar-refractivity contribution is 0.0900. The summed E-state index contributed by atoms with van der Waals surface area (Å²) in [5, 5.41) is 0. The van der Waals surface area contributed by atoms with Crippen molar-refractivity contribution < 1.29 is 14.3 Å². The molecule has 0 N–H and O–H groups in total. The Morgan fingerprint density at radius 2 is 1.38 bits per heavy atom. The summed E-state index contributed by atoms with van der Waals surface area (Å²) in [6.45, 7) is 2.14. The number of hydrogen-bond acceptors (Lipinski definition) is 3. The van der Waals surface area contributed by atoms with Crippen LogP contribution in [-0.4, -0.2) is 18.2 Å². The molecule has 0 aromatic heterocycles. The Labute approximate surface area is 122 Å². The van der Waals surface area contributed by atoms with Crippen LogP contribution in [-0.2, 0) is 4.74 Å². The number of carbonyl (C=O) groups is 2. The second-order valence-corrected chi connectivity index (χ2v) is 4.71. The molecule has 1 aliphatic rings. The van der Waals surface area contributed by atoms with Gasteiger partial charge in [0.05, 0.1) is 12.2 Å². The highest BCUT2D eigenvalue weighted by molar-refractivity contribution is 6.40. The van der Waals surface area contributed by atoms with Gasteiger partial charge < -0.3 is 4.74 Å². The van der Waals surface area contributed by atoms with Gasteiger partial charge in [-0.25, -0.2) is 0 Å². The normalized spacial score (nSPS) is 14.1. The number of hydrogen-bond donors (Lipinski definition) is 0. The number of benzene rings is 2. The minimum absolute atomic E-state index is 0.146. The van der Waals surface area contributed by atoms with E-state index < -0.39 is 0 Å². The number of rotatable bonds is 3. The first-order chi connectivity index (χ1) is 10.2. The number of ether oxygens (including phenoxy) is 1. The Kier molecular flexibility index (Phi) is 3.40. The van der Waals surface area contributed by atoms with E-state index in [0.717, 1.165) is 0 Å². The largest absolute Gasteiger partial charge is 0.489 e. The van der Waals surface area contributed by atoms with Crippen molar-refractivity contribution in [1.29, 1.82) is 0 Å². The van der Waals surface area contributed by atoms with E-state index in [0.29, 0.717) is 28.9 Å². The fraction of sp³-hybridized carbons (Fsp3) is 0.111. The number of fused-ring (bicyclic) bond motifs is 1. The number of Topliss-reactive ketones (excluding diaryl/α,β-unsaturated/α-hetero) is 2. The summed E-state index contributed by atoms with van der Waals surface area (Å²) in [5.74, 6) is -0.252. The van der Waals surface area contributed by atoms with Gasteiger partial charge >= 0.3 is 0 Å². The molecular formula is C18H14O3. The monoisotopic (exact) mass is 278 g/mol. The topological polar surface area (TPSA) is 43.4 Å². The lowest BCUT2D eigenvalue weighted by Crippen LogP contribution is -2.22. The molecule has 2 aromatic rings. The highest BCUT2D eigenvalue weighted by Gasteiger charge is 2.33. The van der Waals surface area contributed by atoms with Gasteiger partial charge in [-0.05, 0) is 12.5 Å². The third-order valence-electron chi connectivity index (χ3n) is 3.43. The highest BCUT2D eigenvalue weighted by atomic mass is 16.5. The van der Waals surface area contributed by atoms with Crippen LogP contribution < -0.4 is 0 Å². The number of allylic oxidation sites excluding steroid dienone is 2. The van der Waals surface area contributed by atoms with Crippen molar-refractivity contribution in [1.82, 2.24) is 0 Å². The van der Waals surface area contributed by atoms with Crippen LogP contribution in [0.15, 0.2) is 60.4 Å². The summed E-state index contributed by atoms with van der Waals surface area (Å²) in [5.41, 5.74) is 1.89. The first kappa shape index (κ1) is 13.3. The minimum atomic E-state index is -0.231.